The molecule has 0 atom stereocenters. The number of nitrogens with one attached hydrogen (secondary N) is 1. The lowest BCUT2D eigenvalue weighted by atomic mass is 10.1. The Bertz CT molecular complexity index is 1190. The highest BCUT2D eigenvalue weighted by molar-refractivity contribution is 7.80. The highest BCUT2D eigenvalue weighted by atomic mass is 32.1. The summed E-state index contributed by atoms with van der Waals surface area (Å²) in [6.45, 7) is 2.02. The molecule has 0 saturated carbocycles. The quantitative estimate of drug-likeness (QED) is 0.396. The number of methoxy groups -OCH3 is 1. The zero-order valence-electron chi connectivity index (χ0n) is 15.4. The van der Waals surface area contributed by atoms with Crippen molar-refractivity contribution < 1.29 is 9.53 Å². The molecule has 0 aliphatic carbocycles. The highest BCUT2D eigenvalue weighted by Crippen LogP contribution is 2.34. The summed E-state index contributed by atoms with van der Waals surface area (Å²) in [4.78, 5) is 21.6. The van der Waals surface area contributed by atoms with Crippen LogP contribution in [0.4, 0.5) is 11.5 Å². The molecule has 2 heterocycles. The Morgan fingerprint density at radius 3 is 2.86 bits per heavy atom. The van der Waals surface area contributed by atoms with Crippen LogP contribution in [0, 0.1) is 6.92 Å². The van der Waals surface area contributed by atoms with Crippen LogP contribution in [-0.2, 0) is 4.74 Å². The number of benzene rings is 2. The molecule has 0 unspecified atom stereocenters. The molecule has 6 nitrogen and oxygen atoms in total. The molecule has 4 aromatic rings. The molecule has 0 amide bonds. The van der Waals surface area contributed by atoms with Crippen LogP contribution in [0.5, 0.6) is 0 Å². The number of nitrogens with zero attached hydrogens (tertiary/aromatic N) is 3. The van der Waals surface area contributed by atoms with Crippen LogP contribution in [0.2, 0.25) is 0 Å². The fourth-order valence-corrected chi connectivity index (χ4v) is 3.42. The molecule has 0 aliphatic heterocycles. The lowest BCUT2D eigenvalue weighted by Gasteiger charge is -2.11. The first-order chi connectivity index (χ1) is 13.6. The van der Waals surface area contributed by atoms with Crippen molar-refractivity contribution in [3.63, 3.8) is 0 Å². The van der Waals surface area contributed by atoms with Crippen LogP contribution in [0.1, 0.15) is 15.9 Å². The lowest BCUT2D eigenvalue weighted by Crippen LogP contribution is -2.03. The molecular weight excluding hydrogens is 372 g/mol. The third-order valence-electron chi connectivity index (χ3n) is 4.38. The van der Waals surface area contributed by atoms with Crippen LogP contribution in [0.3, 0.4) is 0 Å². The van der Waals surface area contributed by atoms with Crippen molar-refractivity contribution in [1.82, 2.24) is 14.4 Å². The Morgan fingerprint density at radius 1 is 1.21 bits per heavy atom. The lowest BCUT2D eigenvalue weighted by molar-refractivity contribution is 0.0601. The van der Waals surface area contributed by atoms with Gasteiger partial charge in [0.05, 0.1) is 18.9 Å². The van der Waals surface area contributed by atoms with E-state index < -0.39 is 0 Å². The van der Waals surface area contributed by atoms with Crippen LogP contribution >= 0.6 is 12.6 Å². The van der Waals surface area contributed by atoms with Gasteiger partial charge in [-0.1, -0.05) is 18.2 Å². The smallest absolute Gasteiger partial charge is 0.337 e. The maximum absolute atomic E-state index is 11.9. The summed E-state index contributed by atoms with van der Waals surface area (Å²) in [6, 6.07) is 13.2. The van der Waals surface area contributed by atoms with Gasteiger partial charge in [-0.05, 0) is 36.8 Å². The third-order valence-corrected chi connectivity index (χ3v) is 4.75. The summed E-state index contributed by atoms with van der Waals surface area (Å²) in [7, 11) is 1.36. The number of rotatable bonds is 4. The van der Waals surface area contributed by atoms with Crippen molar-refractivity contribution in [3.8, 4) is 11.3 Å². The molecule has 1 N–H and O–H groups in total. The molecule has 0 saturated heterocycles. The minimum atomic E-state index is -0.387. The normalized spacial score (nSPS) is 10.8. The molecule has 140 valence electrons. The van der Waals surface area contributed by atoms with Crippen molar-refractivity contribution in [2.75, 3.05) is 12.4 Å². The number of carbonyl (C=O) groups excluding carboxylic acids is 1. The van der Waals surface area contributed by atoms with Gasteiger partial charge < -0.3 is 10.1 Å². The highest BCUT2D eigenvalue weighted by Gasteiger charge is 2.17. The van der Waals surface area contributed by atoms with Crippen LogP contribution < -0.4 is 5.32 Å². The maximum atomic E-state index is 11.9. The number of fused-ring (bicyclic) bond motifs is 1. The van der Waals surface area contributed by atoms with Gasteiger partial charge in [-0.15, -0.1) is 12.6 Å². The van der Waals surface area contributed by atoms with E-state index in [-0.39, 0.29) is 5.97 Å². The van der Waals surface area contributed by atoms with E-state index in [1.807, 2.05) is 41.8 Å². The van der Waals surface area contributed by atoms with E-state index in [9.17, 15) is 4.79 Å². The van der Waals surface area contributed by atoms with Crippen molar-refractivity contribution in [1.29, 1.82) is 0 Å². The second-order valence-corrected chi connectivity index (χ2v) is 6.81. The Labute approximate surface area is 167 Å². The standard InChI is InChI=1S/C21H18N4O2S/c1-13-6-7-16(17(28)10-13)19-20(25-9-8-22-12-18(25)24-19)23-15-5-3-4-14(11-15)21(26)27-2/h3-12,23,28H,1-2H3. The molecule has 2 aromatic heterocycles. The summed E-state index contributed by atoms with van der Waals surface area (Å²) in [5, 5.41) is 3.39. The molecule has 0 fully saturated rings. The van der Waals surface area contributed by atoms with Gasteiger partial charge in [-0.25, -0.2) is 9.78 Å². The second-order valence-electron chi connectivity index (χ2n) is 6.33. The summed E-state index contributed by atoms with van der Waals surface area (Å²) in [5.74, 6) is 0.376. The van der Waals surface area contributed by atoms with Crippen LogP contribution in [0.15, 0.2) is 66.0 Å². The Hall–Kier alpha value is -3.32. The number of carbonyl (C=O) groups is 1. The number of aromatic nitrogens is 3. The van der Waals surface area contributed by atoms with Gasteiger partial charge in [0.2, 0.25) is 0 Å². The number of ether oxygens (including phenoxy) is 1. The molecule has 0 bridgehead atoms. The van der Waals surface area contributed by atoms with Crippen LogP contribution in [0.25, 0.3) is 16.9 Å². The first-order valence-corrected chi connectivity index (χ1v) is 9.09. The fraction of sp³-hybridized carbons (Fsp3) is 0.0952. The zero-order valence-corrected chi connectivity index (χ0v) is 16.3. The fourth-order valence-electron chi connectivity index (χ4n) is 3.03. The molecule has 7 heteroatoms. The molecule has 4 rings (SSSR count). The number of anilines is 2. The zero-order chi connectivity index (χ0) is 19.7. The Morgan fingerprint density at radius 2 is 2.07 bits per heavy atom. The van der Waals surface area contributed by atoms with E-state index in [0.717, 1.165) is 33.2 Å². The number of hydrogen-bond donors (Lipinski definition) is 2. The number of imidazole rings is 1. The van der Waals surface area contributed by atoms with Crippen molar-refractivity contribution in [3.05, 3.63) is 72.2 Å². The third kappa shape index (κ3) is 3.32. The van der Waals surface area contributed by atoms with Gasteiger partial charge in [0.1, 0.15) is 11.5 Å². The van der Waals surface area contributed by atoms with Crippen molar-refractivity contribution in [2.45, 2.75) is 11.8 Å². The molecular formula is C21H18N4O2S. The summed E-state index contributed by atoms with van der Waals surface area (Å²) >= 11 is 4.64. The molecule has 0 spiro atoms. The van der Waals surface area contributed by atoms with Gasteiger partial charge in [0.15, 0.2) is 5.65 Å². The second kappa shape index (κ2) is 7.36. The number of aryl methyl sites for hydroxylation is 1. The topological polar surface area (TPSA) is 68.5 Å². The van der Waals surface area contributed by atoms with E-state index in [0.29, 0.717) is 11.2 Å². The average Bonchev–Trinajstić information content (AvgIpc) is 3.06. The van der Waals surface area contributed by atoms with Gasteiger partial charge in [-0.2, -0.15) is 0 Å². The minimum absolute atomic E-state index is 0.387. The SMILES string of the molecule is COC(=O)c1cccc(Nc2c(-c3ccc(C)cc3S)nc3cnccn23)c1. The predicted octanol–water partition coefficient (Wildman–Crippen LogP) is 4.52. The first-order valence-electron chi connectivity index (χ1n) is 8.64. The molecule has 2 aromatic carbocycles. The van der Waals surface area contributed by atoms with E-state index in [1.165, 1.54) is 7.11 Å². The molecule has 0 aliphatic rings. The van der Waals surface area contributed by atoms with Gasteiger partial charge in [-0.3, -0.25) is 9.38 Å². The average molecular weight is 390 g/mol. The summed E-state index contributed by atoms with van der Waals surface area (Å²) in [6.07, 6.45) is 5.24. The monoisotopic (exact) mass is 390 g/mol. The van der Waals surface area contributed by atoms with E-state index in [2.05, 4.69) is 22.9 Å². The largest absolute Gasteiger partial charge is 0.465 e. The number of esters is 1. The predicted molar refractivity (Wildman–Crippen MR) is 111 cm³/mol. The molecule has 0 radical (unpaired) electrons. The van der Waals surface area contributed by atoms with Crippen LogP contribution in [-0.4, -0.2) is 27.4 Å². The van der Waals surface area contributed by atoms with E-state index >= 15 is 0 Å². The first kappa shape index (κ1) is 18.1. The van der Waals surface area contributed by atoms with Crippen molar-refractivity contribution in [2.24, 2.45) is 0 Å². The maximum Gasteiger partial charge on any atom is 0.337 e. The van der Waals surface area contributed by atoms with E-state index in [1.54, 1.807) is 30.6 Å². The minimum Gasteiger partial charge on any atom is -0.465 e. The van der Waals surface area contributed by atoms with Gasteiger partial charge in [0, 0.05) is 28.5 Å². The summed E-state index contributed by atoms with van der Waals surface area (Å²) in [5.41, 5.74) is 4.70. The Balaban J connectivity index is 1.85. The van der Waals surface area contributed by atoms with Gasteiger partial charge >= 0.3 is 5.97 Å². The Kier molecular flexibility index (Phi) is 4.75. The molecule has 28 heavy (non-hydrogen) atoms. The van der Waals surface area contributed by atoms with Crippen molar-refractivity contribution >= 4 is 35.8 Å². The number of thiol groups is 1. The number of hydrogen-bond acceptors (Lipinski definition) is 6. The summed E-state index contributed by atoms with van der Waals surface area (Å²) < 4.78 is 6.73. The van der Waals surface area contributed by atoms with E-state index in [4.69, 9.17) is 9.72 Å². The van der Waals surface area contributed by atoms with Gasteiger partial charge in [0.25, 0.3) is 0 Å².